The Labute approximate surface area is 170 Å². The first-order chi connectivity index (χ1) is 13.3. The molecule has 1 N–H and O–H groups in total. The summed E-state index contributed by atoms with van der Waals surface area (Å²) < 4.78 is 4.74. The minimum atomic E-state index is -0.748. The molecule has 0 aromatic heterocycles. The van der Waals surface area contributed by atoms with Gasteiger partial charge in [0, 0.05) is 16.1 Å². The number of nitrogens with zero attached hydrogens (tertiary/aromatic N) is 2. The molecule has 0 radical (unpaired) electrons. The van der Waals surface area contributed by atoms with Gasteiger partial charge in [-0.15, -0.1) is 0 Å². The molecule has 0 aliphatic carbocycles. The smallest absolute Gasteiger partial charge is 0.343 e. The SMILES string of the molecule is COC(=O)/C(C1=NC(=NC(=O)c2ccc(Cl)cc2Cl)c2ccccc21)=C(/C)O. The number of esters is 1. The van der Waals surface area contributed by atoms with Crippen LogP contribution in [-0.4, -0.2) is 35.6 Å². The summed E-state index contributed by atoms with van der Waals surface area (Å²) in [6.45, 7) is 1.35. The predicted octanol–water partition coefficient (Wildman–Crippen LogP) is 4.39. The molecular formula is C20H14Cl2N2O4. The number of methoxy groups -OCH3 is 1. The molecule has 0 spiro atoms. The van der Waals surface area contributed by atoms with Gasteiger partial charge in [0.15, 0.2) is 5.84 Å². The third kappa shape index (κ3) is 3.69. The summed E-state index contributed by atoms with van der Waals surface area (Å²) >= 11 is 11.9. The Kier molecular flexibility index (Phi) is 5.63. The fourth-order valence-electron chi connectivity index (χ4n) is 2.72. The molecule has 1 amide bonds. The molecule has 1 heterocycles. The van der Waals surface area contributed by atoms with Crippen LogP contribution >= 0.6 is 23.2 Å². The summed E-state index contributed by atoms with van der Waals surface area (Å²) in [6.07, 6.45) is 0. The second-order valence-electron chi connectivity index (χ2n) is 5.82. The fraction of sp³-hybridized carbons (Fsp3) is 0.100. The number of halogens is 2. The van der Waals surface area contributed by atoms with Crippen molar-refractivity contribution in [1.29, 1.82) is 0 Å². The third-order valence-electron chi connectivity index (χ3n) is 4.00. The van der Waals surface area contributed by atoms with Crippen molar-refractivity contribution in [3.8, 4) is 0 Å². The lowest BCUT2D eigenvalue weighted by Gasteiger charge is -2.07. The zero-order valence-electron chi connectivity index (χ0n) is 14.9. The van der Waals surface area contributed by atoms with Gasteiger partial charge in [0.05, 0.1) is 23.4 Å². The summed E-state index contributed by atoms with van der Waals surface area (Å²) in [4.78, 5) is 33.1. The minimum absolute atomic E-state index is 0.0999. The first-order valence-electron chi connectivity index (χ1n) is 8.08. The average Bonchev–Trinajstić information content (AvgIpc) is 2.99. The van der Waals surface area contributed by atoms with E-state index in [-0.39, 0.29) is 33.5 Å². The van der Waals surface area contributed by atoms with E-state index in [1.165, 1.54) is 32.2 Å². The lowest BCUT2D eigenvalue weighted by atomic mass is 9.99. The van der Waals surface area contributed by atoms with Crippen molar-refractivity contribution in [1.82, 2.24) is 0 Å². The van der Waals surface area contributed by atoms with E-state index < -0.39 is 11.9 Å². The number of carbonyl (C=O) groups is 2. The topological polar surface area (TPSA) is 88.3 Å². The maximum atomic E-state index is 12.6. The summed E-state index contributed by atoms with van der Waals surface area (Å²) in [5.74, 6) is -1.51. The van der Waals surface area contributed by atoms with E-state index in [2.05, 4.69) is 9.98 Å². The Morgan fingerprint density at radius 1 is 1.11 bits per heavy atom. The zero-order valence-corrected chi connectivity index (χ0v) is 16.4. The molecule has 2 aromatic rings. The van der Waals surface area contributed by atoms with Gasteiger partial charge in [0.1, 0.15) is 11.3 Å². The van der Waals surface area contributed by atoms with Crippen LogP contribution in [0.1, 0.15) is 28.4 Å². The molecule has 2 aromatic carbocycles. The number of amides is 1. The summed E-state index contributed by atoms with van der Waals surface area (Å²) in [5.41, 5.74) is 1.33. The third-order valence-corrected chi connectivity index (χ3v) is 4.55. The van der Waals surface area contributed by atoms with Crippen molar-refractivity contribution in [2.45, 2.75) is 6.92 Å². The summed E-state index contributed by atoms with van der Waals surface area (Å²) in [6, 6.07) is 11.4. The number of allylic oxidation sites excluding steroid dienone is 1. The highest BCUT2D eigenvalue weighted by atomic mass is 35.5. The predicted molar refractivity (Wildman–Crippen MR) is 108 cm³/mol. The monoisotopic (exact) mass is 416 g/mol. The summed E-state index contributed by atoms with van der Waals surface area (Å²) in [7, 11) is 1.20. The van der Waals surface area contributed by atoms with Crippen LogP contribution in [0.3, 0.4) is 0 Å². The number of carbonyl (C=O) groups excluding carboxylic acids is 2. The molecule has 0 atom stereocenters. The second-order valence-corrected chi connectivity index (χ2v) is 6.67. The minimum Gasteiger partial charge on any atom is -0.512 e. The van der Waals surface area contributed by atoms with E-state index in [1.807, 2.05) is 0 Å². The van der Waals surface area contributed by atoms with Gasteiger partial charge in [-0.05, 0) is 25.1 Å². The number of rotatable bonds is 3. The fourth-order valence-corrected chi connectivity index (χ4v) is 3.21. The van der Waals surface area contributed by atoms with Crippen LogP contribution in [0.15, 0.2) is 63.8 Å². The molecule has 1 aliphatic rings. The molecule has 0 fully saturated rings. The number of hydrogen-bond donors (Lipinski definition) is 1. The van der Waals surface area contributed by atoms with Crippen LogP contribution in [0, 0.1) is 0 Å². The standard InChI is InChI=1S/C20H14Cl2N2O4/c1-10(25)16(20(27)28-2)17-12-5-3-4-6-13(12)18(23-17)24-19(26)14-8-7-11(21)9-15(14)22/h3-9,25H,1-2H3/b16-10-,24-18?. The highest BCUT2D eigenvalue weighted by Crippen LogP contribution is 2.27. The molecule has 6 nitrogen and oxygen atoms in total. The number of aliphatic hydroxyl groups excluding tert-OH is 1. The van der Waals surface area contributed by atoms with Crippen LogP contribution < -0.4 is 0 Å². The van der Waals surface area contributed by atoms with Gasteiger partial charge in [-0.2, -0.15) is 4.99 Å². The van der Waals surface area contributed by atoms with Gasteiger partial charge < -0.3 is 9.84 Å². The van der Waals surface area contributed by atoms with Gasteiger partial charge in [0.25, 0.3) is 5.91 Å². The van der Waals surface area contributed by atoms with E-state index in [0.717, 1.165) is 0 Å². The maximum absolute atomic E-state index is 12.6. The Balaban J connectivity index is 2.13. The van der Waals surface area contributed by atoms with Crippen molar-refractivity contribution in [3.63, 3.8) is 0 Å². The number of aliphatic hydroxyl groups is 1. The molecule has 3 rings (SSSR count). The molecule has 142 valence electrons. The van der Waals surface area contributed by atoms with Crippen molar-refractivity contribution >= 4 is 46.6 Å². The molecule has 8 heteroatoms. The van der Waals surface area contributed by atoms with Gasteiger partial charge in [-0.25, -0.2) is 9.79 Å². The van der Waals surface area contributed by atoms with Gasteiger partial charge in [-0.3, -0.25) is 4.79 Å². The first-order valence-corrected chi connectivity index (χ1v) is 8.84. The van der Waals surface area contributed by atoms with E-state index in [1.54, 1.807) is 24.3 Å². The van der Waals surface area contributed by atoms with Crippen molar-refractivity contribution < 1.29 is 19.4 Å². The highest BCUT2D eigenvalue weighted by Gasteiger charge is 2.30. The molecular weight excluding hydrogens is 403 g/mol. The van der Waals surface area contributed by atoms with Crippen LogP contribution in [-0.2, 0) is 9.53 Å². The normalized spacial score (nSPS) is 15.0. The van der Waals surface area contributed by atoms with Crippen LogP contribution in [0.4, 0.5) is 0 Å². The Hall–Kier alpha value is -2.96. The van der Waals surface area contributed by atoms with Crippen LogP contribution in [0.2, 0.25) is 10.0 Å². The van der Waals surface area contributed by atoms with Crippen molar-refractivity contribution in [3.05, 3.63) is 80.5 Å². The Morgan fingerprint density at radius 2 is 1.79 bits per heavy atom. The van der Waals surface area contributed by atoms with Crippen molar-refractivity contribution in [2.24, 2.45) is 9.98 Å². The van der Waals surface area contributed by atoms with Gasteiger partial charge in [-0.1, -0.05) is 47.5 Å². The first kappa shape index (κ1) is 19.8. The quantitative estimate of drug-likeness (QED) is 0.456. The number of aliphatic imine (C=N–C) groups is 2. The van der Waals surface area contributed by atoms with Crippen LogP contribution in [0.25, 0.3) is 0 Å². The number of amidine groups is 1. The lowest BCUT2D eigenvalue weighted by Crippen LogP contribution is -2.16. The van der Waals surface area contributed by atoms with Gasteiger partial charge >= 0.3 is 5.97 Å². The van der Waals surface area contributed by atoms with E-state index in [4.69, 9.17) is 27.9 Å². The van der Waals surface area contributed by atoms with E-state index in [9.17, 15) is 14.7 Å². The van der Waals surface area contributed by atoms with E-state index >= 15 is 0 Å². The Bertz CT molecular complexity index is 1080. The molecule has 0 saturated carbocycles. The highest BCUT2D eigenvalue weighted by molar-refractivity contribution is 6.38. The average molecular weight is 417 g/mol. The number of benzene rings is 2. The molecule has 0 unspecified atom stereocenters. The molecule has 1 aliphatic heterocycles. The van der Waals surface area contributed by atoms with Gasteiger partial charge in [0.2, 0.25) is 0 Å². The molecule has 0 saturated heterocycles. The number of ether oxygens (including phenoxy) is 1. The zero-order chi connectivity index (χ0) is 20.4. The maximum Gasteiger partial charge on any atom is 0.343 e. The Morgan fingerprint density at radius 3 is 2.39 bits per heavy atom. The second kappa shape index (κ2) is 7.96. The van der Waals surface area contributed by atoms with E-state index in [0.29, 0.717) is 16.1 Å². The lowest BCUT2D eigenvalue weighted by molar-refractivity contribution is -0.135. The largest absolute Gasteiger partial charge is 0.512 e. The molecule has 28 heavy (non-hydrogen) atoms. The van der Waals surface area contributed by atoms with Crippen molar-refractivity contribution in [2.75, 3.05) is 7.11 Å². The molecule has 0 bridgehead atoms. The number of fused-ring (bicyclic) bond motifs is 1. The number of hydrogen-bond acceptors (Lipinski definition) is 4. The summed E-state index contributed by atoms with van der Waals surface area (Å²) in [5, 5.41) is 10.5. The van der Waals surface area contributed by atoms with Crippen LogP contribution in [0.5, 0.6) is 0 Å².